The molecule has 23 heavy (non-hydrogen) atoms. The second kappa shape index (κ2) is 6.96. The van der Waals surface area contributed by atoms with E-state index in [2.05, 4.69) is 93.0 Å². The highest BCUT2D eigenvalue weighted by Crippen LogP contribution is 2.30. The maximum Gasteiger partial charge on any atom is -0.0128 e. The molecule has 2 unspecified atom stereocenters. The van der Waals surface area contributed by atoms with Gasteiger partial charge in [0, 0.05) is 0 Å². The Bertz CT molecular complexity index is 850. The normalized spacial score (nSPS) is 10.8. The molecule has 0 heterocycles. The molecule has 0 bridgehead atoms. The second-order valence-electron chi connectivity index (χ2n) is 6.01. The van der Waals surface area contributed by atoms with Gasteiger partial charge in [0.25, 0.3) is 0 Å². The van der Waals surface area contributed by atoms with E-state index in [0.717, 1.165) is 6.16 Å². The maximum atomic E-state index is 2.79. The van der Waals surface area contributed by atoms with Crippen molar-refractivity contribution in [1.82, 2.24) is 0 Å². The average Bonchev–Trinajstić information content (AvgIpc) is 2.54. The minimum atomic E-state index is 1.00. The molecule has 3 aromatic rings. The summed E-state index contributed by atoms with van der Waals surface area (Å²) in [6.45, 7) is 4.37. The molecule has 2 atom stereocenters. The van der Waals surface area contributed by atoms with E-state index in [9.17, 15) is 0 Å². The molecule has 0 fully saturated rings. The predicted molar refractivity (Wildman–Crippen MR) is 110 cm³/mol. The van der Waals surface area contributed by atoms with E-state index >= 15 is 0 Å². The van der Waals surface area contributed by atoms with Crippen LogP contribution in [-0.4, -0.2) is 0 Å². The zero-order valence-corrected chi connectivity index (χ0v) is 15.9. The molecule has 0 saturated heterocycles. The Kier molecular flexibility index (Phi) is 4.96. The molecule has 0 spiro atoms. The van der Waals surface area contributed by atoms with Crippen LogP contribution in [0.2, 0.25) is 0 Å². The molecule has 116 valence electrons. The molecule has 0 aliphatic heterocycles. The van der Waals surface area contributed by atoms with Crippen LogP contribution in [0.4, 0.5) is 0 Å². The third kappa shape index (κ3) is 3.55. The van der Waals surface area contributed by atoms with E-state index in [0.29, 0.717) is 0 Å². The minimum Gasteiger partial charge on any atom is -0.133 e. The van der Waals surface area contributed by atoms with Crippen LogP contribution >= 0.6 is 18.5 Å². The fraction of sp³-hybridized carbons (Fsp3) is 0.143. The fourth-order valence-corrected chi connectivity index (χ4v) is 3.64. The SMILES string of the molecule is Cc1cc(P)ccc1-c1cccc(-c2ccc(CP)cc2C)c1. The molecule has 3 aromatic carbocycles. The van der Waals surface area contributed by atoms with Crippen molar-refractivity contribution in [2.45, 2.75) is 20.0 Å². The lowest BCUT2D eigenvalue weighted by molar-refractivity contribution is 1.35. The van der Waals surface area contributed by atoms with Crippen molar-refractivity contribution in [3.05, 3.63) is 77.4 Å². The summed E-state index contributed by atoms with van der Waals surface area (Å²) in [7, 11) is 5.56. The van der Waals surface area contributed by atoms with Crippen LogP contribution in [0.15, 0.2) is 60.7 Å². The van der Waals surface area contributed by atoms with Crippen molar-refractivity contribution in [2.24, 2.45) is 0 Å². The van der Waals surface area contributed by atoms with Gasteiger partial charge in [-0.3, -0.25) is 0 Å². The van der Waals surface area contributed by atoms with E-state index in [1.807, 2.05) is 0 Å². The third-order valence-corrected chi connectivity index (χ3v) is 5.09. The highest BCUT2D eigenvalue weighted by Gasteiger charge is 2.07. The number of rotatable bonds is 3. The summed E-state index contributed by atoms with van der Waals surface area (Å²) in [5.41, 5.74) is 9.18. The Hall–Kier alpha value is -1.48. The smallest absolute Gasteiger partial charge is 0.0128 e. The first-order valence-corrected chi connectivity index (χ1v) is 9.24. The molecule has 0 aromatic heterocycles. The molecule has 0 N–H and O–H groups in total. The number of hydrogen-bond acceptors (Lipinski definition) is 0. The van der Waals surface area contributed by atoms with Crippen molar-refractivity contribution in [3.63, 3.8) is 0 Å². The molecule has 0 saturated carbocycles. The lowest BCUT2D eigenvalue weighted by Gasteiger charge is -2.12. The molecule has 3 rings (SSSR count). The van der Waals surface area contributed by atoms with E-state index in [4.69, 9.17) is 0 Å². The summed E-state index contributed by atoms with van der Waals surface area (Å²) in [6.07, 6.45) is 1.00. The molecule has 0 nitrogen and oxygen atoms in total. The van der Waals surface area contributed by atoms with Gasteiger partial charge < -0.3 is 0 Å². The highest BCUT2D eigenvalue weighted by atomic mass is 31.0. The lowest BCUT2D eigenvalue weighted by Crippen LogP contribution is -1.93. The zero-order chi connectivity index (χ0) is 16.4. The van der Waals surface area contributed by atoms with Crippen LogP contribution in [0.1, 0.15) is 16.7 Å². The first-order valence-electron chi connectivity index (χ1n) is 7.85. The third-order valence-electron chi connectivity index (χ3n) is 4.26. The predicted octanol–water partition coefficient (Wildman–Crippen LogP) is 5.51. The van der Waals surface area contributed by atoms with Gasteiger partial charge in [-0.2, -0.15) is 0 Å². The van der Waals surface area contributed by atoms with Gasteiger partial charge in [0.05, 0.1) is 0 Å². The number of hydrogen-bond donors (Lipinski definition) is 0. The van der Waals surface area contributed by atoms with E-state index in [-0.39, 0.29) is 0 Å². The van der Waals surface area contributed by atoms with E-state index in [1.165, 1.54) is 44.2 Å². The first-order chi connectivity index (χ1) is 11.1. The van der Waals surface area contributed by atoms with Crippen LogP contribution in [0.3, 0.4) is 0 Å². The molecule has 0 radical (unpaired) electrons. The fourth-order valence-electron chi connectivity index (χ4n) is 3.04. The van der Waals surface area contributed by atoms with Crippen LogP contribution in [-0.2, 0) is 6.16 Å². The van der Waals surface area contributed by atoms with Crippen molar-refractivity contribution in [3.8, 4) is 22.3 Å². The van der Waals surface area contributed by atoms with Gasteiger partial charge in [0.15, 0.2) is 0 Å². The Balaban J connectivity index is 2.06. The second-order valence-corrected chi connectivity index (χ2v) is 7.08. The van der Waals surface area contributed by atoms with Crippen molar-refractivity contribution >= 4 is 23.8 Å². The summed E-state index contributed by atoms with van der Waals surface area (Å²) in [5, 5.41) is 1.23. The van der Waals surface area contributed by atoms with Crippen molar-refractivity contribution in [1.29, 1.82) is 0 Å². The van der Waals surface area contributed by atoms with Gasteiger partial charge >= 0.3 is 0 Å². The summed E-state index contributed by atoms with van der Waals surface area (Å²) in [4.78, 5) is 0. The first kappa shape index (κ1) is 16.4. The Morgan fingerprint density at radius 3 is 1.91 bits per heavy atom. The average molecular weight is 336 g/mol. The van der Waals surface area contributed by atoms with Crippen LogP contribution in [0, 0.1) is 13.8 Å². The maximum absolute atomic E-state index is 2.79. The molecular formula is C21H22P2. The van der Waals surface area contributed by atoms with Crippen molar-refractivity contribution in [2.75, 3.05) is 0 Å². The van der Waals surface area contributed by atoms with Gasteiger partial charge in [-0.15, -0.1) is 18.5 Å². The largest absolute Gasteiger partial charge is 0.133 e. The lowest BCUT2D eigenvalue weighted by atomic mass is 9.94. The van der Waals surface area contributed by atoms with Crippen LogP contribution in [0.25, 0.3) is 22.3 Å². The quantitative estimate of drug-likeness (QED) is 0.553. The standard InChI is InChI=1S/C21H22P2/c1-14-10-16(13-22)6-8-20(14)17-4-3-5-18(12-17)21-9-7-19(23)11-15(21)2/h3-12H,13,22-23H2,1-2H3. The summed E-state index contributed by atoms with van der Waals surface area (Å²) < 4.78 is 0. The topological polar surface area (TPSA) is 0 Å². The molecule has 0 amide bonds. The molecule has 2 heteroatoms. The van der Waals surface area contributed by atoms with Crippen LogP contribution < -0.4 is 5.30 Å². The Labute approximate surface area is 143 Å². The molecule has 0 aliphatic carbocycles. The minimum absolute atomic E-state index is 1.00. The Morgan fingerprint density at radius 1 is 0.739 bits per heavy atom. The number of aryl methyl sites for hydroxylation is 2. The van der Waals surface area contributed by atoms with E-state index in [1.54, 1.807) is 0 Å². The molecule has 0 aliphatic rings. The van der Waals surface area contributed by atoms with E-state index < -0.39 is 0 Å². The van der Waals surface area contributed by atoms with Gasteiger partial charge in [-0.05, 0) is 70.3 Å². The summed E-state index contributed by atoms with van der Waals surface area (Å²) in [6, 6.07) is 22.2. The Morgan fingerprint density at radius 2 is 1.35 bits per heavy atom. The highest BCUT2D eigenvalue weighted by molar-refractivity contribution is 7.27. The van der Waals surface area contributed by atoms with Crippen LogP contribution in [0.5, 0.6) is 0 Å². The zero-order valence-electron chi connectivity index (χ0n) is 13.6. The van der Waals surface area contributed by atoms with Crippen molar-refractivity contribution < 1.29 is 0 Å². The van der Waals surface area contributed by atoms with Gasteiger partial charge in [0.2, 0.25) is 0 Å². The summed E-state index contributed by atoms with van der Waals surface area (Å²) in [5.74, 6) is 0. The van der Waals surface area contributed by atoms with Gasteiger partial charge in [-0.1, -0.05) is 54.6 Å². The monoisotopic (exact) mass is 336 g/mol. The molecular weight excluding hydrogens is 314 g/mol. The van der Waals surface area contributed by atoms with Gasteiger partial charge in [-0.25, -0.2) is 0 Å². The number of benzene rings is 3. The summed E-state index contributed by atoms with van der Waals surface area (Å²) >= 11 is 0. The van der Waals surface area contributed by atoms with Gasteiger partial charge in [0.1, 0.15) is 0 Å².